The highest BCUT2D eigenvalue weighted by Crippen LogP contribution is 2.14. The standard InChI is InChI=1S/C13H10ClNO4/c14-9-3-1-4-10(7-9)15-12(16)8-19-13(17)11-5-2-6-18-11/h1-7H,8H2,(H,15,16). The number of carbonyl (C=O) groups is 2. The van der Waals surface area contributed by atoms with E-state index < -0.39 is 18.5 Å². The average molecular weight is 280 g/mol. The molecule has 0 bridgehead atoms. The second kappa shape index (κ2) is 6.06. The Hall–Kier alpha value is -2.27. The molecule has 6 heteroatoms. The van der Waals surface area contributed by atoms with Crippen molar-refractivity contribution in [2.75, 3.05) is 11.9 Å². The molecule has 0 unspecified atom stereocenters. The minimum absolute atomic E-state index is 0.0514. The molecular formula is C13H10ClNO4. The van der Waals surface area contributed by atoms with Crippen molar-refractivity contribution in [3.8, 4) is 0 Å². The summed E-state index contributed by atoms with van der Waals surface area (Å²) in [5.74, 6) is -1.09. The lowest BCUT2D eigenvalue weighted by Crippen LogP contribution is -2.20. The maximum absolute atomic E-state index is 11.5. The minimum atomic E-state index is -0.689. The minimum Gasteiger partial charge on any atom is -0.457 e. The van der Waals surface area contributed by atoms with E-state index >= 15 is 0 Å². The first-order valence-electron chi connectivity index (χ1n) is 5.41. The summed E-state index contributed by atoms with van der Waals surface area (Å²) in [6, 6.07) is 9.67. The van der Waals surface area contributed by atoms with Crippen molar-refractivity contribution in [3.05, 3.63) is 53.4 Å². The maximum atomic E-state index is 11.5. The van der Waals surface area contributed by atoms with Crippen LogP contribution in [-0.4, -0.2) is 18.5 Å². The molecule has 19 heavy (non-hydrogen) atoms. The zero-order chi connectivity index (χ0) is 13.7. The van der Waals surface area contributed by atoms with E-state index in [1.54, 1.807) is 30.3 Å². The third kappa shape index (κ3) is 3.86. The predicted octanol–water partition coefficient (Wildman–Crippen LogP) is 2.73. The second-order valence-electron chi connectivity index (χ2n) is 3.61. The fraction of sp³-hybridized carbons (Fsp3) is 0.0769. The van der Waals surface area contributed by atoms with Crippen molar-refractivity contribution < 1.29 is 18.7 Å². The van der Waals surface area contributed by atoms with Crippen molar-refractivity contribution in [2.24, 2.45) is 0 Å². The SMILES string of the molecule is O=C(COC(=O)c1ccco1)Nc1cccc(Cl)c1. The number of anilines is 1. The first-order valence-corrected chi connectivity index (χ1v) is 5.79. The first kappa shape index (κ1) is 13.2. The number of amides is 1. The lowest BCUT2D eigenvalue weighted by atomic mass is 10.3. The van der Waals surface area contributed by atoms with Crippen LogP contribution in [0.3, 0.4) is 0 Å². The first-order chi connectivity index (χ1) is 9.15. The number of nitrogens with one attached hydrogen (secondary N) is 1. The van der Waals surface area contributed by atoms with Crippen LogP contribution in [-0.2, 0) is 9.53 Å². The molecule has 0 spiro atoms. The summed E-state index contributed by atoms with van der Waals surface area (Å²) in [5.41, 5.74) is 0.534. The molecule has 0 fully saturated rings. The van der Waals surface area contributed by atoms with E-state index in [9.17, 15) is 9.59 Å². The van der Waals surface area contributed by atoms with Crippen LogP contribution in [0.5, 0.6) is 0 Å². The highest BCUT2D eigenvalue weighted by molar-refractivity contribution is 6.30. The van der Waals surface area contributed by atoms with Crippen LogP contribution in [0.25, 0.3) is 0 Å². The van der Waals surface area contributed by atoms with E-state index in [1.807, 2.05) is 0 Å². The van der Waals surface area contributed by atoms with Gasteiger partial charge in [-0.05, 0) is 30.3 Å². The van der Waals surface area contributed by atoms with Gasteiger partial charge < -0.3 is 14.5 Å². The topological polar surface area (TPSA) is 68.5 Å². The van der Waals surface area contributed by atoms with Crippen molar-refractivity contribution in [2.45, 2.75) is 0 Å². The lowest BCUT2D eigenvalue weighted by molar-refractivity contribution is -0.119. The smallest absolute Gasteiger partial charge is 0.374 e. The molecular weight excluding hydrogens is 270 g/mol. The van der Waals surface area contributed by atoms with Gasteiger partial charge in [0, 0.05) is 10.7 Å². The van der Waals surface area contributed by atoms with Crippen LogP contribution in [0.15, 0.2) is 47.1 Å². The van der Waals surface area contributed by atoms with E-state index in [4.69, 9.17) is 20.8 Å². The molecule has 0 aliphatic rings. The highest BCUT2D eigenvalue weighted by atomic mass is 35.5. The van der Waals surface area contributed by atoms with Gasteiger partial charge in [0.2, 0.25) is 5.76 Å². The number of esters is 1. The second-order valence-corrected chi connectivity index (χ2v) is 4.05. The number of rotatable bonds is 4. The van der Waals surface area contributed by atoms with Crippen LogP contribution in [0, 0.1) is 0 Å². The number of ether oxygens (including phenoxy) is 1. The summed E-state index contributed by atoms with van der Waals surface area (Å²) >= 11 is 5.77. The normalized spacial score (nSPS) is 9.95. The van der Waals surface area contributed by atoms with E-state index in [2.05, 4.69) is 5.32 Å². The molecule has 1 aromatic heterocycles. The Morgan fingerprint density at radius 3 is 2.79 bits per heavy atom. The zero-order valence-electron chi connectivity index (χ0n) is 9.76. The molecule has 1 aromatic carbocycles. The Bertz CT molecular complexity index is 580. The van der Waals surface area contributed by atoms with Crippen molar-refractivity contribution in [1.29, 1.82) is 0 Å². The van der Waals surface area contributed by atoms with Crippen LogP contribution in [0.1, 0.15) is 10.6 Å². The molecule has 0 aliphatic carbocycles. The number of halogens is 1. The van der Waals surface area contributed by atoms with Gasteiger partial charge in [-0.3, -0.25) is 4.79 Å². The fourth-order valence-electron chi connectivity index (χ4n) is 1.36. The monoisotopic (exact) mass is 279 g/mol. The summed E-state index contributed by atoms with van der Waals surface area (Å²) in [6.45, 7) is -0.397. The van der Waals surface area contributed by atoms with E-state index in [0.29, 0.717) is 10.7 Å². The summed E-state index contributed by atoms with van der Waals surface area (Å²) in [6.07, 6.45) is 1.35. The zero-order valence-corrected chi connectivity index (χ0v) is 10.5. The molecule has 2 aromatic rings. The molecule has 0 atom stereocenters. The van der Waals surface area contributed by atoms with Crippen molar-refractivity contribution in [1.82, 2.24) is 0 Å². The Balaban J connectivity index is 1.83. The highest BCUT2D eigenvalue weighted by Gasteiger charge is 2.12. The van der Waals surface area contributed by atoms with Gasteiger partial charge in [0.1, 0.15) is 0 Å². The quantitative estimate of drug-likeness (QED) is 0.874. The van der Waals surface area contributed by atoms with Crippen molar-refractivity contribution in [3.63, 3.8) is 0 Å². The predicted molar refractivity (Wildman–Crippen MR) is 69.1 cm³/mol. The summed E-state index contributed by atoms with van der Waals surface area (Å²) < 4.78 is 9.61. The van der Waals surface area contributed by atoms with E-state index in [1.165, 1.54) is 12.3 Å². The molecule has 0 saturated carbocycles. The number of furan rings is 1. The number of hydrogen-bond acceptors (Lipinski definition) is 4. The molecule has 5 nitrogen and oxygen atoms in total. The Labute approximate surface area is 114 Å². The summed E-state index contributed by atoms with van der Waals surface area (Å²) in [4.78, 5) is 22.9. The Kier molecular flexibility index (Phi) is 4.20. The summed E-state index contributed by atoms with van der Waals surface area (Å²) in [7, 11) is 0. The number of hydrogen-bond donors (Lipinski definition) is 1. The third-order valence-corrected chi connectivity index (χ3v) is 2.40. The average Bonchev–Trinajstić information content (AvgIpc) is 2.90. The van der Waals surface area contributed by atoms with Gasteiger partial charge in [-0.25, -0.2) is 4.79 Å². The number of carbonyl (C=O) groups excluding carboxylic acids is 2. The Morgan fingerprint density at radius 1 is 1.26 bits per heavy atom. The lowest BCUT2D eigenvalue weighted by Gasteiger charge is -2.05. The van der Waals surface area contributed by atoms with E-state index in [-0.39, 0.29) is 5.76 Å². The van der Waals surface area contributed by atoms with Gasteiger partial charge in [0.25, 0.3) is 5.91 Å². The molecule has 1 N–H and O–H groups in total. The molecule has 0 radical (unpaired) electrons. The molecule has 1 amide bonds. The van der Waals surface area contributed by atoms with Crippen LogP contribution in [0.4, 0.5) is 5.69 Å². The van der Waals surface area contributed by atoms with Gasteiger partial charge in [0.05, 0.1) is 6.26 Å². The third-order valence-electron chi connectivity index (χ3n) is 2.17. The van der Waals surface area contributed by atoms with Gasteiger partial charge in [-0.1, -0.05) is 17.7 Å². The summed E-state index contributed by atoms with van der Waals surface area (Å²) in [5, 5.41) is 3.06. The van der Waals surface area contributed by atoms with Gasteiger partial charge in [-0.15, -0.1) is 0 Å². The van der Waals surface area contributed by atoms with E-state index in [0.717, 1.165) is 0 Å². The molecule has 98 valence electrons. The van der Waals surface area contributed by atoms with Gasteiger partial charge >= 0.3 is 5.97 Å². The molecule has 1 heterocycles. The molecule has 0 aliphatic heterocycles. The molecule has 0 saturated heterocycles. The Morgan fingerprint density at radius 2 is 2.11 bits per heavy atom. The molecule has 2 rings (SSSR count). The van der Waals surface area contributed by atoms with Crippen molar-refractivity contribution >= 4 is 29.2 Å². The number of benzene rings is 1. The van der Waals surface area contributed by atoms with Crippen LogP contribution < -0.4 is 5.32 Å². The van der Waals surface area contributed by atoms with Crippen LogP contribution >= 0.6 is 11.6 Å². The largest absolute Gasteiger partial charge is 0.457 e. The van der Waals surface area contributed by atoms with Gasteiger partial charge in [-0.2, -0.15) is 0 Å². The fourth-order valence-corrected chi connectivity index (χ4v) is 1.55. The maximum Gasteiger partial charge on any atom is 0.374 e. The van der Waals surface area contributed by atoms with Gasteiger partial charge in [0.15, 0.2) is 6.61 Å². The van der Waals surface area contributed by atoms with Crippen LogP contribution in [0.2, 0.25) is 5.02 Å².